The standard InChI is InChI=1S/C17H17N3O2/c21-17(16-12-5-2-1-4-11(12)8-9-18-16)19-10-14-13-6-3-7-15(13)22-20-14/h1-2,4-5,8-9,13,15H,3,6-7,10H2,(H,19,21). The molecule has 22 heavy (non-hydrogen) atoms. The summed E-state index contributed by atoms with van der Waals surface area (Å²) in [5.74, 6) is 0.210. The average molecular weight is 295 g/mol. The van der Waals surface area contributed by atoms with Crippen molar-refractivity contribution in [3.63, 3.8) is 0 Å². The zero-order valence-corrected chi connectivity index (χ0v) is 12.2. The van der Waals surface area contributed by atoms with E-state index >= 15 is 0 Å². The first kappa shape index (κ1) is 13.2. The molecule has 2 unspecified atom stereocenters. The van der Waals surface area contributed by atoms with Crippen molar-refractivity contribution in [3.8, 4) is 0 Å². The highest BCUT2D eigenvalue weighted by Crippen LogP contribution is 2.33. The predicted octanol–water partition coefficient (Wildman–Crippen LogP) is 2.52. The second kappa shape index (κ2) is 5.40. The quantitative estimate of drug-likeness (QED) is 0.946. The van der Waals surface area contributed by atoms with Crippen molar-refractivity contribution in [1.29, 1.82) is 0 Å². The number of nitrogens with one attached hydrogen (secondary N) is 1. The first-order chi connectivity index (χ1) is 10.8. The van der Waals surface area contributed by atoms with Crippen molar-refractivity contribution in [2.75, 3.05) is 6.54 Å². The number of carbonyl (C=O) groups is 1. The van der Waals surface area contributed by atoms with Crippen LogP contribution in [-0.2, 0) is 4.84 Å². The molecular formula is C17H17N3O2. The minimum atomic E-state index is -0.166. The van der Waals surface area contributed by atoms with Crippen molar-refractivity contribution >= 4 is 22.4 Å². The first-order valence-electron chi connectivity index (χ1n) is 7.67. The van der Waals surface area contributed by atoms with E-state index < -0.39 is 0 Å². The van der Waals surface area contributed by atoms with Gasteiger partial charge in [0, 0.05) is 17.5 Å². The van der Waals surface area contributed by atoms with Gasteiger partial charge in [-0.05, 0) is 30.7 Å². The summed E-state index contributed by atoms with van der Waals surface area (Å²) in [6.45, 7) is 0.435. The summed E-state index contributed by atoms with van der Waals surface area (Å²) in [4.78, 5) is 22.1. The van der Waals surface area contributed by atoms with Gasteiger partial charge in [0.2, 0.25) is 0 Å². The molecule has 1 N–H and O–H groups in total. The van der Waals surface area contributed by atoms with Crippen LogP contribution in [0.15, 0.2) is 41.7 Å². The smallest absolute Gasteiger partial charge is 0.270 e. The zero-order chi connectivity index (χ0) is 14.9. The summed E-state index contributed by atoms with van der Waals surface area (Å²) in [5, 5.41) is 8.94. The van der Waals surface area contributed by atoms with Gasteiger partial charge in [-0.25, -0.2) is 0 Å². The van der Waals surface area contributed by atoms with Gasteiger partial charge >= 0.3 is 0 Å². The molecule has 0 spiro atoms. The van der Waals surface area contributed by atoms with E-state index in [-0.39, 0.29) is 12.0 Å². The van der Waals surface area contributed by atoms with Crippen molar-refractivity contribution in [2.45, 2.75) is 25.4 Å². The molecule has 1 aromatic carbocycles. The van der Waals surface area contributed by atoms with E-state index in [1.807, 2.05) is 30.3 Å². The second-order valence-electron chi connectivity index (χ2n) is 5.83. The van der Waals surface area contributed by atoms with E-state index in [0.717, 1.165) is 29.3 Å². The number of carbonyl (C=O) groups excluding carboxylic acids is 1. The van der Waals surface area contributed by atoms with Crippen molar-refractivity contribution in [3.05, 3.63) is 42.2 Å². The highest BCUT2D eigenvalue weighted by molar-refractivity contribution is 6.06. The summed E-state index contributed by atoms with van der Waals surface area (Å²) in [6.07, 6.45) is 5.23. The van der Waals surface area contributed by atoms with E-state index in [4.69, 9.17) is 4.84 Å². The van der Waals surface area contributed by atoms with E-state index in [2.05, 4.69) is 15.5 Å². The van der Waals surface area contributed by atoms with Gasteiger partial charge in [0.25, 0.3) is 5.91 Å². The van der Waals surface area contributed by atoms with Gasteiger partial charge in [0.15, 0.2) is 0 Å². The van der Waals surface area contributed by atoms with E-state index in [1.165, 1.54) is 6.42 Å². The maximum atomic E-state index is 12.4. The number of oxime groups is 1. The van der Waals surface area contributed by atoms with Crippen LogP contribution in [0, 0.1) is 5.92 Å². The van der Waals surface area contributed by atoms with Crippen molar-refractivity contribution in [1.82, 2.24) is 10.3 Å². The van der Waals surface area contributed by atoms with Crippen LogP contribution in [-0.4, -0.2) is 29.3 Å². The first-order valence-corrected chi connectivity index (χ1v) is 7.67. The second-order valence-corrected chi connectivity index (χ2v) is 5.83. The van der Waals surface area contributed by atoms with Crippen LogP contribution in [0.4, 0.5) is 0 Å². The SMILES string of the molecule is O=C(NCC1=NOC2CCCC12)c1nccc2ccccc12. The normalized spacial score (nSPS) is 23.0. The Labute approximate surface area is 128 Å². The highest BCUT2D eigenvalue weighted by Gasteiger charge is 2.37. The van der Waals surface area contributed by atoms with E-state index in [0.29, 0.717) is 18.2 Å². The number of nitrogens with zero attached hydrogens (tertiary/aromatic N) is 2. The summed E-state index contributed by atoms with van der Waals surface area (Å²) >= 11 is 0. The molecule has 1 fully saturated rings. The number of hydrogen-bond acceptors (Lipinski definition) is 4. The topological polar surface area (TPSA) is 63.6 Å². The minimum absolute atomic E-state index is 0.166. The van der Waals surface area contributed by atoms with Crippen LogP contribution in [0.1, 0.15) is 29.8 Å². The van der Waals surface area contributed by atoms with Crippen molar-refractivity contribution < 1.29 is 9.63 Å². The van der Waals surface area contributed by atoms with Gasteiger partial charge in [0.05, 0.1) is 12.3 Å². The lowest BCUT2D eigenvalue weighted by atomic mass is 10.0. The van der Waals surface area contributed by atoms with Crippen LogP contribution < -0.4 is 5.32 Å². The Hall–Kier alpha value is -2.43. The zero-order valence-electron chi connectivity index (χ0n) is 12.2. The molecule has 112 valence electrons. The third kappa shape index (κ3) is 2.22. The van der Waals surface area contributed by atoms with Crippen LogP contribution in [0.5, 0.6) is 0 Å². The van der Waals surface area contributed by atoms with E-state index in [1.54, 1.807) is 6.20 Å². The van der Waals surface area contributed by atoms with Gasteiger partial charge < -0.3 is 10.2 Å². The molecule has 2 aromatic rings. The maximum absolute atomic E-state index is 12.4. The highest BCUT2D eigenvalue weighted by atomic mass is 16.6. The average Bonchev–Trinajstić information content (AvgIpc) is 3.16. The molecule has 4 rings (SSSR count). The number of fused-ring (bicyclic) bond motifs is 2. The molecule has 0 radical (unpaired) electrons. The summed E-state index contributed by atoms with van der Waals surface area (Å²) in [7, 11) is 0. The third-order valence-electron chi connectivity index (χ3n) is 4.50. The molecule has 2 atom stereocenters. The van der Waals surface area contributed by atoms with Crippen LogP contribution in [0.2, 0.25) is 0 Å². The lowest BCUT2D eigenvalue weighted by molar-refractivity contribution is 0.0746. The Kier molecular flexibility index (Phi) is 3.25. The third-order valence-corrected chi connectivity index (χ3v) is 4.50. The Morgan fingerprint density at radius 2 is 2.18 bits per heavy atom. The number of amides is 1. The fourth-order valence-electron chi connectivity index (χ4n) is 3.35. The number of aromatic nitrogens is 1. The van der Waals surface area contributed by atoms with E-state index in [9.17, 15) is 4.79 Å². The maximum Gasteiger partial charge on any atom is 0.270 e. The molecule has 2 aliphatic rings. The Morgan fingerprint density at radius 3 is 3.14 bits per heavy atom. The summed E-state index contributed by atoms with van der Waals surface area (Å²) < 4.78 is 0. The van der Waals surface area contributed by atoms with Gasteiger partial charge in [-0.15, -0.1) is 0 Å². The fourth-order valence-corrected chi connectivity index (χ4v) is 3.35. The number of hydrogen-bond donors (Lipinski definition) is 1. The van der Waals surface area contributed by atoms with Crippen LogP contribution in [0.3, 0.4) is 0 Å². The number of benzene rings is 1. The van der Waals surface area contributed by atoms with Gasteiger partial charge in [-0.3, -0.25) is 9.78 Å². The monoisotopic (exact) mass is 295 g/mol. The molecule has 2 heterocycles. The molecule has 0 bridgehead atoms. The Morgan fingerprint density at radius 1 is 1.27 bits per heavy atom. The van der Waals surface area contributed by atoms with Crippen LogP contribution >= 0.6 is 0 Å². The Balaban J connectivity index is 1.50. The lowest BCUT2D eigenvalue weighted by Gasteiger charge is -2.10. The molecule has 5 heteroatoms. The van der Waals surface area contributed by atoms with Gasteiger partial charge in [-0.2, -0.15) is 0 Å². The molecule has 1 saturated carbocycles. The number of pyridine rings is 1. The molecule has 1 aromatic heterocycles. The summed E-state index contributed by atoms with van der Waals surface area (Å²) in [6, 6.07) is 9.67. The van der Waals surface area contributed by atoms with Gasteiger partial charge in [-0.1, -0.05) is 29.4 Å². The molecule has 1 aliphatic heterocycles. The largest absolute Gasteiger partial charge is 0.392 e. The number of rotatable bonds is 3. The molecule has 5 nitrogen and oxygen atoms in total. The summed E-state index contributed by atoms with van der Waals surface area (Å²) in [5.41, 5.74) is 1.41. The molecule has 1 aliphatic carbocycles. The predicted molar refractivity (Wildman–Crippen MR) is 83.7 cm³/mol. The lowest BCUT2D eigenvalue weighted by Crippen LogP contribution is -2.33. The fraction of sp³-hybridized carbons (Fsp3) is 0.353. The molecule has 1 amide bonds. The van der Waals surface area contributed by atoms with Gasteiger partial charge in [0.1, 0.15) is 11.8 Å². The molecular weight excluding hydrogens is 278 g/mol. The molecule has 0 saturated heterocycles. The Bertz CT molecular complexity index is 751. The van der Waals surface area contributed by atoms with Crippen molar-refractivity contribution in [2.24, 2.45) is 11.1 Å². The van der Waals surface area contributed by atoms with Crippen LogP contribution in [0.25, 0.3) is 10.8 Å². The minimum Gasteiger partial charge on any atom is -0.392 e.